The normalized spacial score (nSPS) is 25.4. The van der Waals surface area contributed by atoms with Crippen LogP contribution in [0.4, 0.5) is 0 Å². The summed E-state index contributed by atoms with van der Waals surface area (Å²) in [5, 5.41) is 16.1. The molecule has 0 bridgehead atoms. The van der Waals surface area contributed by atoms with Gasteiger partial charge in [0.2, 0.25) is 5.91 Å². The predicted molar refractivity (Wildman–Crippen MR) is 73.7 cm³/mol. The van der Waals surface area contributed by atoms with E-state index in [2.05, 4.69) is 10.3 Å². The van der Waals surface area contributed by atoms with Crippen LogP contribution in [0.25, 0.3) is 0 Å². The topological polar surface area (TPSA) is 88.3 Å². The van der Waals surface area contributed by atoms with E-state index >= 15 is 0 Å². The number of nitrogens with zero attached hydrogens (tertiary/aromatic N) is 4. The van der Waals surface area contributed by atoms with E-state index in [-0.39, 0.29) is 18.1 Å². The standard InChI is InChI=1S/C14H20N4O3/c19-13(9-17-8-11(14(20)21)15-16-17)18-7-3-5-10-4-1-2-6-12(10)18/h8,10,12H,1-7,9H2,(H,20,21). The second-order valence-electron chi connectivity index (χ2n) is 5.95. The lowest BCUT2D eigenvalue weighted by Crippen LogP contribution is -2.50. The lowest BCUT2D eigenvalue weighted by molar-refractivity contribution is -0.138. The summed E-state index contributed by atoms with van der Waals surface area (Å²) in [6.45, 7) is 0.879. The summed E-state index contributed by atoms with van der Waals surface area (Å²) in [6.07, 6.45) is 8.37. The Balaban J connectivity index is 1.67. The Hall–Kier alpha value is -1.92. The molecular weight excluding hydrogens is 272 g/mol. The van der Waals surface area contributed by atoms with Gasteiger partial charge in [0.05, 0.1) is 6.20 Å². The predicted octanol–water partition coefficient (Wildman–Crippen LogP) is 1.16. The number of carboxylic acid groups (broad SMARTS) is 1. The van der Waals surface area contributed by atoms with Gasteiger partial charge >= 0.3 is 5.97 Å². The zero-order valence-corrected chi connectivity index (χ0v) is 11.9. The molecular formula is C14H20N4O3. The van der Waals surface area contributed by atoms with E-state index in [0.717, 1.165) is 19.4 Å². The largest absolute Gasteiger partial charge is 0.476 e. The van der Waals surface area contributed by atoms with Crippen LogP contribution in [0.5, 0.6) is 0 Å². The van der Waals surface area contributed by atoms with Crippen molar-refractivity contribution in [1.82, 2.24) is 19.9 Å². The summed E-state index contributed by atoms with van der Waals surface area (Å²) < 4.78 is 1.32. The molecule has 7 heteroatoms. The van der Waals surface area contributed by atoms with Crippen molar-refractivity contribution >= 4 is 11.9 Å². The van der Waals surface area contributed by atoms with Crippen molar-refractivity contribution in [3.05, 3.63) is 11.9 Å². The Bertz CT molecular complexity index is 540. The molecule has 1 aliphatic heterocycles. The van der Waals surface area contributed by atoms with Crippen LogP contribution >= 0.6 is 0 Å². The first-order chi connectivity index (χ1) is 10.1. The highest BCUT2D eigenvalue weighted by molar-refractivity contribution is 5.84. The van der Waals surface area contributed by atoms with Gasteiger partial charge in [0.25, 0.3) is 0 Å². The lowest BCUT2D eigenvalue weighted by atomic mass is 9.78. The van der Waals surface area contributed by atoms with Crippen LogP contribution in [0.2, 0.25) is 0 Å². The number of likely N-dealkylation sites (tertiary alicyclic amines) is 1. The highest BCUT2D eigenvalue weighted by atomic mass is 16.4. The first-order valence-electron chi connectivity index (χ1n) is 7.58. The third-order valence-corrected chi connectivity index (χ3v) is 4.62. The number of rotatable bonds is 3. The number of carbonyl (C=O) groups excluding carboxylic acids is 1. The van der Waals surface area contributed by atoms with Crippen LogP contribution in [-0.2, 0) is 11.3 Å². The number of carbonyl (C=O) groups is 2. The van der Waals surface area contributed by atoms with Crippen molar-refractivity contribution in [2.45, 2.75) is 51.1 Å². The quantitative estimate of drug-likeness (QED) is 0.903. The maximum Gasteiger partial charge on any atom is 0.358 e. The number of carboxylic acids is 1. The van der Waals surface area contributed by atoms with Gasteiger partial charge in [-0.3, -0.25) is 4.79 Å². The van der Waals surface area contributed by atoms with Gasteiger partial charge < -0.3 is 10.0 Å². The fourth-order valence-corrected chi connectivity index (χ4v) is 3.64. The maximum absolute atomic E-state index is 12.5. The summed E-state index contributed by atoms with van der Waals surface area (Å²) in [6, 6.07) is 0.363. The zero-order valence-electron chi connectivity index (χ0n) is 11.9. The number of aromatic nitrogens is 3. The minimum absolute atomic E-state index is 0.0217. The summed E-state index contributed by atoms with van der Waals surface area (Å²) in [5.41, 5.74) is -0.128. The van der Waals surface area contributed by atoms with Crippen molar-refractivity contribution in [3.8, 4) is 0 Å². The second kappa shape index (κ2) is 5.83. The number of hydrogen-bond donors (Lipinski definition) is 1. The monoisotopic (exact) mass is 292 g/mol. The highest BCUT2D eigenvalue weighted by Crippen LogP contribution is 2.35. The smallest absolute Gasteiger partial charge is 0.358 e. The number of aromatic carboxylic acids is 1. The highest BCUT2D eigenvalue weighted by Gasteiger charge is 2.35. The molecule has 0 spiro atoms. The Kier molecular flexibility index (Phi) is 3.90. The molecule has 7 nitrogen and oxygen atoms in total. The maximum atomic E-state index is 12.5. The third kappa shape index (κ3) is 2.91. The van der Waals surface area contributed by atoms with Gasteiger partial charge in [-0.05, 0) is 31.6 Å². The molecule has 0 radical (unpaired) electrons. The van der Waals surface area contributed by atoms with Crippen LogP contribution in [0.15, 0.2) is 6.20 Å². The third-order valence-electron chi connectivity index (χ3n) is 4.62. The number of fused-ring (bicyclic) bond motifs is 1. The second-order valence-corrected chi connectivity index (χ2v) is 5.95. The fourth-order valence-electron chi connectivity index (χ4n) is 3.64. The molecule has 2 unspecified atom stereocenters. The van der Waals surface area contributed by atoms with Gasteiger partial charge in [-0.1, -0.05) is 18.1 Å². The summed E-state index contributed by atoms with van der Waals surface area (Å²) in [7, 11) is 0. The fraction of sp³-hybridized carbons (Fsp3) is 0.714. The van der Waals surface area contributed by atoms with Gasteiger partial charge in [-0.25, -0.2) is 9.48 Å². The Morgan fingerprint density at radius 3 is 2.76 bits per heavy atom. The molecule has 0 aromatic carbocycles. The summed E-state index contributed by atoms with van der Waals surface area (Å²) in [4.78, 5) is 25.3. The first kappa shape index (κ1) is 14.0. The molecule has 1 N–H and O–H groups in total. The Labute approximate surface area is 122 Å². The molecule has 2 fully saturated rings. The van der Waals surface area contributed by atoms with Crippen LogP contribution in [0, 0.1) is 5.92 Å². The number of hydrogen-bond acceptors (Lipinski definition) is 4. The molecule has 1 aliphatic carbocycles. The van der Waals surface area contributed by atoms with E-state index in [0.29, 0.717) is 12.0 Å². The SMILES string of the molecule is O=C(O)c1cn(CC(=O)N2CCCC3CCCCC32)nn1. The molecule has 1 aromatic rings. The van der Waals surface area contributed by atoms with E-state index in [4.69, 9.17) is 5.11 Å². The van der Waals surface area contributed by atoms with Crippen LogP contribution in [0.1, 0.15) is 49.0 Å². The molecule has 21 heavy (non-hydrogen) atoms. The Morgan fingerprint density at radius 1 is 1.24 bits per heavy atom. The van der Waals surface area contributed by atoms with Crippen molar-refractivity contribution in [3.63, 3.8) is 0 Å². The van der Waals surface area contributed by atoms with Crippen molar-refractivity contribution in [2.24, 2.45) is 5.92 Å². The molecule has 2 heterocycles. The van der Waals surface area contributed by atoms with Crippen LogP contribution < -0.4 is 0 Å². The van der Waals surface area contributed by atoms with E-state index in [1.54, 1.807) is 0 Å². The number of piperidine rings is 1. The van der Waals surface area contributed by atoms with Crippen molar-refractivity contribution in [2.75, 3.05) is 6.54 Å². The summed E-state index contributed by atoms with van der Waals surface area (Å²) in [5.74, 6) is -0.464. The van der Waals surface area contributed by atoms with Gasteiger partial charge in [-0.15, -0.1) is 5.10 Å². The minimum atomic E-state index is -1.13. The van der Waals surface area contributed by atoms with Crippen molar-refractivity contribution < 1.29 is 14.7 Å². The molecule has 3 rings (SSSR count). The first-order valence-corrected chi connectivity index (χ1v) is 7.58. The van der Waals surface area contributed by atoms with Crippen molar-refractivity contribution in [1.29, 1.82) is 0 Å². The van der Waals surface area contributed by atoms with Gasteiger partial charge in [0.1, 0.15) is 6.54 Å². The zero-order chi connectivity index (χ0) is 14.8. The van der Waals surface area contributed by atoms with Gasteiger partial charge in [0.15, 0.2) is 5.69 Å². The number of amides is 1. The van der Waals surface area contributed by atoms with E-state index in [1.165, 1.54) is 36.6 Å². The van der Waals surface area contributed by atoms with Gasteiger partial charge in [-0.2, -0.15) is 0 Å². The molecule has 2 atom stereocenters. The summed E-state index contributed by atoms with van der Waals surface area (Å²) >= 11 is 0. The van der Waals surface area contributed by atoms with Crippen LogP contribution in [0.3, 0.4) is 0 Å². The van der Waals surface area contributed by atoms with E-state index in [1.807, 2.05) is 4.90 Å². The molecule has 1 saturated heterocycles. The Morgan fingerprint density at radius 2 is 2.00 bits per heavy atom. The van der Waals surface area contributed by atoms with E-state index in [9.17, 15) is 9.59 Å². The molecule has 1 saturated carbocycles. The van der Waals surface area contributed by atoms with E-state index < -0.39 is 5.97 Å². The lowest BCUT2D eigenvalue weighted by Gasteiger charge is -2.44. The molecule has 2 aliphatic rings. The molecule has 1 aromatic heterocycles. The average molecular weight is 292 g/mol. The van der Waals surface area contributed by atoms with Crippen LogP contribution in [-0.4, -0.2) is 49.5 Å². The average Bonchev–Trinajstić information content (AvgIpc) is 2.95. The van der Waals surface area contributed by atoms with Gasteiger partial charge in [0, 0.05) is 12.6 Å². The molecule has 114 valence electrons. The molecule has 1 amide bonds. The minimum Gasteiger partial charge on any atom is -0.476 e.